The summed E-state index contributed by atoms with van der Waals surface area (Å²) < 4.78 is 5.18. The molecule has 0 unspecified atom stereocenters. The monoisotopic (exact) mass is 259 g/mol. The number of aryl methyl sites for hydroxylation is 1. The van der Waals surface area contributed by atoms with Crippen LogP contribution in [0.5, 0.6) is 0 Å². The molecule has 0 spiro atoms. The number of benzene rings is 1. The minimum Gasteiger partial charge on any atom is -0.408 e. The Morgan fingerprint density at radius 3 is 2.89 bits per heavy atom. The Morgan fingerprint density at radius 1 is 1.33 bits per heavy atom. The zero-order valence-corrected chi connectivity index (χ0v) is 10.3. The number of nitrogens with one attached hydrogen (secondary N) is 2. The fourth-order valence-electron chi connectivity index (χ4n) is 1.82. The molecule has 0 aliphatic heterocycles. The first kappa shape index (κ1) is 10.9. The lowest BCUT2D eigenvalue weighted by Crippen LogP contribution is -2.03. The van der Waals surface area contributed by atoms with E-state index in [0.29, 0.717) is 11.1 Å². The number of aromatic nitrogens is 3. The maximum absolute atomic E-state index is 12.0. The second kappa shape index (κ2) is 3.92. The number of rotatable bonds is 1. The molecular weight excluding hydrogens is 250 g/mol. The van der Waals surface area contributed by atoms with Crippen LogP contribution in [0.15, 0.2) is 33.5 Å². The number of H-pyrrole nitrogens is 2. The summed E-state index contributed by atoms with van der Waals surface area (Å²) >= 11 is 4.80. The van der Waals surface area contributed by atoms with Crippen LogP contribution in [-0.2, 0) is 0 Å². The van der Waals surface area contributed by atoms with E-state index >= 15 is 0 Å². The molecule has 0 saturated carbocycles. The number of fused-ring (bicyclic) bond motifs is 1. The molecule has 3 aromatic rings. The molecule has 2 heterocycles. The minimum atomic E-state index is -0.0773. The van der Waals surface area contributed by atoms with Gasteiger partial charge in [-0.15, -0.1) is 5.10 Å². The summed E-state index contributed by atoms with van der Waals surface area (Å²) in [4.78, 5) is 15.3. The Morgan fingerprint density at radius 2 is 2.17 bits per heavy atom. The third-order valence-corrected chi connectivity index (χ3v) is 2.83. The van der Waals surface area contributed by atoms with Crippen molar-refractivity contribution >= 4 is 23.1 Å². The van der Waals surface area contributed by atoms with Crippen LogP contribution in [0.3, 0.4) is 0 Å². The summed E-state index contributed by atoms with van der Waals surface area (Å²) in [6.07, 6.45) is 0. The highest BCUT2D eigenvalue weighted by atomic mass is 32.1. The van der Waals surface area contributed by atoms with E-state index in [0.717, 1.165) is 11.1 Å². The molecule has 0 bridgehead atoms. The molecule has 0 aliphatic carbocycles. The molecule has 0 atom stereocenters. The summed E-state index contributed by atoms with van der Waals surface area (Å²) in [6.45, 7) is 1.94. The van der Waals surface area contributed by atoms with Gasteiger partial charge in [0.2, 0.25) is 0 Å². The molecule has 0 amide bonds. The minimum absolute atomic E-state index is 0.0773. The summed E-state index contributed by atoms with van der Waals surface area (Å²) in [6, 6.07) is 7.09. The Kier molecular flexibility index (Phi) is 2.38. The van der Waals surface area contributed by atoms with E-state index < -0.39 is 0 Å². The normalized spacial score (nSPS) is 10.9. The molecule has 6 heteroatoms. The van der Waals surface area contributed by atoms with Gasteiger partial charge in [-0.2, -0.15) is 0 Å². The van der Waals surface area contributed by atoms with Crippen molar-refractivity contribution in [2.75, 3.05) is 0 Å². The van der Waals surface area contributed by atoms with E-state index in [9.17, 15) is 4.79 Å². The smallest absolute Gasteiger partial charge is 0.284 e. The molecule has 2 N–H and O–H groups in total. The largest absolute Gasteiger partial charge is 0.408 e. The molecule has 5 nitrogen and oxygen atoms in total. The van der Waals surface area contributed by atoms with Gasteiger partial charge < -0.3 is 9.40 Å². The van der Waals surface area contributed by atoms with Gasteiger partial charge in [0, 0.05) is 17.0 Å². The zero-order valence-electron chi connectivity index (χ0n) is 9.48. The van der Waals surface area contributed by atoms with Gasteiger partial charge in [-0.25, -0.2) is 5.10 Å². The molecule has 18 heavy (non-hydrogen) atoms. The van der Waals surface area contributed by atoms with E-state index in [1.54, 1.807) is 0 Å². The molecule has 1 aromatic carbocycles. The van der Waals surface area contributed by atoms with Crippen molar-refractivity contribution in [3.8, 4) is 11.6 Å². The molecule has 0 fully saturated rings. The topological polar surface area (TPSA) is 74.7 Å². The number of hydrogen-bond acceptors (Lipinski definition) is 4. The van der Waals surface area contributed by atoms with Crippen LogP contribution in [0.2, 0.25) is 0 Å². The third-order valence-electron chi connectivity index (χ3n) is 2.65. The first-order valence-electron chi connectivity index (χ1n) is 5.33. The summed E-state index contributed by atoms with van der Waals surface area (Å²) in [5.41, 5.74) is 2.21. The Bertz CT molecular complexity index is 844. The molecule has 0 aliphatic rings. The lowest BCUT2D eigenvalue weighted by molar-refractivity contribution is 0.550. The zero-order chi connectivity index (χ0) is 12.7. The van der Waals surface area contributed by atoms with Gasteiger partial charge in [0.1, 0.15) is 5.69 Å². The summed E-state index contributed by atoms with van der Waals surface area (Å²) in [5.74, 6) is 0.277. The first-order chi connectivity index (χ1) is 8.63. The second-order valence-electron chi connectivity index (χ2n) is 4.01. The van der Waals surface area contributed by atoms with Crippen molar-refractivity contribution in [2.24, 2.45) is 0 Å². The quantitative estimate of drug-likeness (QED) is 0.658. The number of nitrogens with zero attached hydrogens (tertiary/aromatic N) is 1. The standard InChI is InChI=1S/C12H9N3O2S/c1-6-2-3-8-7(4-6)10(16)5-9(13-8)11-14-15-12(18)17-11/h2-5H,1H3,(H,13,16)(H,15,18). The van der Waals surface area contributed by atoms with Crippen molar-refractivity contribution in [1.29, 1.82) is 0 Å². The van der Waals surface area contributed by atoms with Gasteiger partial charge in [-0.3, -0.25) is 4.79 Å². The molecular formula is C12H9N3O2S. The SMILES string of the molecule is Cc1ccc2[nH]c(-c3n[nH]c(=S)o3)cc(=O)c2c1. The van der Waals surface area contributed by atoms with Crippen LogP contribution < -0.4 is 5.43 Å². The predicted molar refractivity (Wildman–Crippen MR) is 70.0 cm³/mol. The van der Waals surface area contributed by atoms with Crippen molar-refractivity contribution in [1.82, 2.24) is 15.2 Å². The molecule has 3 rings (SSSR count). The van der Waals surface area contributed by atoms with E-state index in [1.165, 1.54) is 6.07 Å². The molecule has 90 valence electrons. The maximum atomic E-state index is 12.0. The second-order valence-corrected chi connectivity index (χ2v) is 4.39. The van der Waals surface area contributed by atoms with Gasteiger partial charge in [-0.1, -0.05) is 11.6 Å². The highest BCUT2D eigenvalue weighted by Gasteiger charge is 2.08. The van der Waals surface area contributed by atoms with Crippen molar-refractivity contribution in [2.45, 2.75) is 6.92 Å². The van der Waals surface area contributed by atoms with Crippen molar-refractivity contribution in [3.05, 3.63) is 44.9 Å². The van der Waals surface area contributed by atoms with E-state index in [1.807, 2.05) is 25.1 Å². The molecule has 0 saturated heterocycles. The van der Waals surface area contributed by atoms with Gasteiger partial charge in [0.15, 0.2) is 5.43 Å². The van der Waals surface area contributed by atoms with Gasteiger partial charge in [0.05, 0.1) is 0 Å². The predicted octanol–water partition coefficient (Wildman–Crippen LogP) is 2.55. The lowest BCUT2D eigenvalue weighted by Gasteiger charge is -2.01. The van der Waals surface area contributed by atoms with E-state index in [4.69, 9.17) is 16.6 Å². The van der Waals surface area contributed by atoms with Crippen LogP contribution >= 0.6 is 12.2 Å². The van der Waals surface area contributed by atoms with E-state index in [-0.39, 0.29) is 16.2 Å². The Balaban J connectivity index is 2.31. The van der Waals surface area contributed by atoms with Crippen LogP contribution in [-0.4, -0.2) is 15.2 Å². The highest BCUT2D eigenvalue weighted by Crippen LogP contribution is 2.17. The van der Waals surface area contributed by atoms with Gasteiger partial charge in [0.25, 0.3) is 10.7 Å². The maximum Gasteiger partial charge on any atom is 0.284 e. The Hall–Kier alpha value is -2.21. The third kappa shape index (κ3) is 1.76. The van der Waals surface area contributed by atoms with E-state index in [2.05, 4.69) is 15.2 Å². The highest BCUT2D eigenvalue weighted by molar-refractivity contribution is 7.71. The Labute approximate surface area is 106 Å². The average Bonchev–Trinajstić information content (AvgIpc) is 2.77. The summed E-state index contributed by atoms with van der Waals surface area (Å²) in [5, 5.41) is 7.05. The van der Waals surface area contributed by atoms with Crippen molar-refractivity contribution in [3.63, 3.8) is 0 Å². The van der Waals surface area contributed by atoms with Crippen LogP contribution in [0.4, 0.5) is 0 Å². The van der Waals surface area contributed by atoms with Gasteiger partial charge in [-0.05, 0) is 31.3 Å². The van der Waals surface area contributed by atoms with Crippen LogP contribution in [0.1, 0.15) is 5.56 Å². The van der Waals surface area contributed by atoms with Crippen molar-refractivity contribution < 1.29 is 4.42 Å². The lowest BCUT2D eigenvalue weighted by atomic mass is 10.1. The summed E-state index contributed by atoms with van der Waals surface area (Å²) in [7, 11) is 0. The van der Waals surface area contributed by atoms with Crippen LogP contribution in [0.25, 0.3) is 22.5 Å². The first-order valence-corrected chi connectivity index (χ1v) is 5.74. The number of aromatic amines is 2. The fraction of sp³-hybridized carbons (Fsp3) is 0.0833. The average molecular weight is 259 g/mol. The van der Waals surface area contributed by atoms with Gasteiger partial charge >= 0.3 is 0 Å². The fourth-order valence-corrected chi connectivity index (χ4v) is 1.95. The molecule has 0 radical (unpaired) electrons. The number of hydrogen-bond donors (Lipinski definition) is 2. The van der Waals surface area contributed by atoms with Crippen LogP contribution in [0, 0.1) is 11.8 Å². The molecule has 2 aromatic heterocycles. The number of pyridine rings is 1.